The Balaban J connectivity index is 1.87. The van der Waals surface area contributed by atoms with Crippen molar-refractivity contribution in [1.82, 2.24) is 10.6 Å². The van der Waals surface area contributed by atoms with Crippen molar-refractivity contribution in [3.05, 3.63) is 0 Å². The second kappa shape index (κ2) is 7.93. The van der Waals surface area contributed by atoms with E-state index in [1.807, 2.05) is 6.92 Å². The van der Waals surface area contributed by atoms with E-state index < -0.39 is 30.0 Å². The lowest BCUT2D eigenvalue weighted by Gasteiger charge is -2.26. The molecule has 0 aromatic heterocycles. The van der Waals surface area contributed by atoms with E-state index in [4.69, 9.17) is 14.2 Å². The first-order valence-electron chi connectivity index (χ1n) is 8.76. The average molecular weight is 356 g/mol. The van der Waals surface area contributed by atoms with Crippen molar-refractivity contribution in [1.29, 1.82) is 0 Å². The molecule has 0 spiro atoms. The van der Waals surface area contributed by atoms with Gasteiger partial charge in [0.2, 0.25) is 5.91 Å². The zero-order valence-electron chi connectivity index (χ0n) is 15.3. The Morgan fingerprint density at radius 1 is 1.40 bits per heavy atom. The number of ether oxygens (including phenoxy) is 3. The van der Waals surface area contributed by atoms with Crippen LogP contribution in [0, 0.1) is 5.92 Å². The lowest BCUT2D eigenvalue weighted by molar-refractivity contribution is -0.119. The molecule has 2 aliphatic rings. The van der Waals surface area contributed by atoms with Gasteiger partial charge in [-0.15, -0.1) is 0 Å². The zero-order valence-corrected chi connectivity index (χ0v) is 15.3. The van der Waals surface area contributed by atoms with Crippen molar-refractivity contribution in [2.24, 2.45) is 5.92 Å². The predicted octanol–water partition coefficient (Wildman–Crippen LogP) is 2.11. The van der Waals surface area contributed by atoms with Crippen molar-refractivity contribution < 1.29 is 28.6 Å². The minimum absolute atomic E-state index is 0.0825. The van der Waals surface area contributed by atoms with Crippen LogP contribution in [0.2, 0.25) is 0 Å². The monoisotopic (exact) mass is 356 g/mol. The molecule has 2 rings (SSSR count). The standard InChI is InChI=1S/C17H28N2O6/c1-10-8-14(20)18-11(10)6-5-7-12(13-9-23-16(22)24-13)19-15(21)25-17(2,3)4/h10-13H,5-9H2,1-4H3,(H,18,20)(H,19,21). The lowest BCUT2D eigenvalue weighted by atomic mass is 9.96. The largest absolute Gasteiger partial charge is 0.508 e. The number of carbonyl (C=O) groups excluding carboxylic acids is 3. The summed E-state index contributed by atoms with van der Waals surface area (Å²) in [6.45, 7) is 7.50. The SMILES string of the molecule is CC1CC(=O)NC1CCCC(NC(=O)OC(C)(C)C)C1COC(=O)O1. The molecule has 25 heavy (non-hydrogen) atoms. The quantitative estimate of drug-likeness (QED) is 0.707. The van der Waals surface area contributed by atoms with Gasteiger partial charge in [-0.3, -0.25) is 4.79 Å². The van der Waals surface area contributed by atoms with Crippen molar-refractivity contribution in [2.75, 3.05) is 6.61 Å². The van der Waals surface area contributed by atoms with Gasteiger partial charge in [0.05, 0.1) is 6.04 Å². The van der Waals surface area contributed by atoms with Crippen LogP contribution in [-0.4, -0.2) is 48.6 Å². The fourth-order valence-electron chi connectivity index (χ4n) is 3.11. The minimum atomic E-state index is -0.724. The minimum Gasteiger partial charge on any atom is -0.444 e. The molecule has 0 bridgehead atoms. The Morgan fingerprint density at radius 3 is 2.64 bits per heavy atom. The topological polar surface area (TPSA) is 103 Å². The van der Waals surface area contributed by atoms with Crippen LogP contribution < -0.4 is 10.6 Å². The summed E-state index contributed by atoms with van der Waals surface area (Å²) >= 11 is 0. The van der Waals surface area contributed by atoms with Gasteiger partial charge in [0.25, 0.3) is 0 Å². The molecule has 8 nitrogen and oxygen atoms in total. The molecule has 2 heterocycles. The van der Waals surface area contributed by atoms with E-state index >= 15 is 0 Å². The molecule has 2 aliphatic heterocycles. The first kappa shape index (κ1) is 19.3. The van der Waals surface area contributed by atoms with Gasteiger partial charge in [-0.2, -0.15) is 0 Å². The van der Waals surface area contributed by atoms with Crippen LogP contribution in [0.1, 0.15) is 53.4 Å². The van der Waals surface area contributed by atoms with E-state index in [1.165, 1.54) is 0 Å². The van der Waals surface area contributed by atoms with Crippen LogP contribution in [0.5, 0.6) is 0 Å². The number of cyclic esters (lactones) is 2. The molecule has 4 unspecified atom stereocenters. The predicted molar refractivity (Wildman–Crippen MR) is 88.9 cm³/mol. The highest BCUT2D eigenvalue weighted by Crippen LogP contribution is 2.22. The van der Waals surface area contributed by atoms with Gasteiger partial charge < -0.3 is 24.8 Å². The Hall–Kier alpha value is -1.99. The number of hydrogen-bond acceptors (Lipinski definition) is 6. The summed E-state index contributed by atoms with van der Waals surface area (Å²) in [7, 11) is 0. The average Bonchev–Trinajstić information content (AvgIpc) is 3.02. The number of alkyl carbamates (subject to hydrolysis) is 1. The molecule has 2 fully saturated rings. The molecule has 0 aromatic carbocycles. The molecule has 2 amide bonds. The van der Waals surface area contributed by atoms with Crippen LogP contribution in [0.25, 0.3) is 0 Å². The van der Waals surface area contributed by atoms with Gasteiger partial charge in [0.1, 0.15) is 12.2 Å². The van der Waals surface area contributed by atoms with E-state index in [2.05, 4.69) is 10.6 Å². The highest BCUT2D eigenvalue weighted by molar-refractivity contribution is 5.78. The fourth-order valence-corrected chi connectivity index (χ4v) is 3.11. The summed E-state index contributed by atoms with van der Waals surface area (Å²) < 4.78 is 15.2. The van der Waals surface area contributed by atoms with Gasteiger partial charge >= 0.3 is 12.2 Å². The van der Waals surface area contributed by atoms with Crippen molar-refractivity contribution >= 4 is 18.2 Å². The molecule has 4 atom stereocenters. The van der Waals surface area contributed by atoms with Crippen molar-refractivity contribution in [3.63, 3.8) is 0 Å². The number of nitrogens with one attached hydrogen (secondary N) is 2. The number of carbonyl (C=O) groups is 3. The smallest absolute Gasteiger partial charge is 0.444 e. The van der Waals surface area contributed by atoms with Crippen LogP contribution in [-0.2, 0) is 19.0 Å². The molecular weight excluding hydrogens is 328 g/mol. The van der Waals surface area contributed by atoms with Gasteiger partial charge in [0, 0.05) is 12.5 Å². The third-order valence-corrected chi connectivity index (χ3v) is 4.33. The van der Waals surface area contributed by atoms with Crippen molar-refractivity contribution in [2.45, 2.75) is 77.2 Å². The Kier molecular flexibility index (Phi) is 6.13. The molecule has 2 saturated heterocycles. The summed E-state index contributed by atoms with van der Waals surface area (Å²) in [4.78, 5) is 34.7. The van der Waals surface area contributed by atoms with Gasteiger partial charge in [-0.05, 0) is 46.0 Å². The highest BCUT2D eigenvalue weighted by atomic mass is 16.8. The van der Waals surface area contributed by atoms with Gasteiger partial charge in [-0.25, -0.2) is 9.59 Å². The summed E-state index contributed by atoms with van der Waals surface area (Å²) in [5.41, 5.74) is -0.610. The van der Waals surface area contributed by atoms with Crippen LogP contribution >= 0.6 is 0 Å². The highest BCUT2D eigenvalue weighted by Gasteiger charge is 2.35. The van der Waals surface area contributed by atoms with Gasteiger partial charge in [-0.1, -0.05) is 6.92 Å². The molecule has 0 saturated carbocycles. The summed E-state index contributed by atoms with van der Waals surface area (Å²) in [6, 6.07) is -0.245. The maximum absolute atomic E-state index is 12.1. The van der Waals surface area contributed by atoms with E-state index in [9.17, 15) is 14.4 Å². The van der Waals surface area contributed by atoms with Gasteiger partial charge in [0.15, 0.2) is 6.10 Å². The number of amides is 2. The summed E-state index contributed by atoms with van der Waals surface area (Å²) in [5.74, 6) is 0.386. The van der Waals surface area contributed by atoms with E-state index in [-0.39, 0.29) is 18.6 Å². The Morgan fingerprint density at radius 2 is 2.12 bits per heavy atom. The van der Waals surface area contributed by atoms with Crippen molar-refractivity contribution in [3.8, 4) is 0 Å². The second-order valence-corrected chi connectivity index (χ2v) is 7.76. The lowest BCUT2D eigenvalue weighted by Crippen LogP contribution is -2.46. The fraction of sp³-hybridized carbons (Fsp3) is 0.824. The molecule has 0 aliphatic carbocycles. The molecule has 0 aromatic rings. The maximum atomic E-state index is 12.1. The molecule has 2 N–H and O–H groups in total. The van der Waals surface area contributed by atoms with E-state index in [0.717, 1.165) is 12.8 Å². The van der Waals surface area contributed by atoms with E-state index in [1.54, 1.807) is 20.8 Å². The Bertz CT molecular complexity index is 516. The molecule has 142 valence electrons. The van der Waals surface area contributed by atoms with Crippen LogP contribution in [0.3, 0.4) is 0 Å². The van der Waals surface area contributed by atoms with Crippen LogP contribution in [0.4, 0.5) is 9.59 Å². The Labute approximate surface area is 147 Å². The first-order valence-corrected chi connectivity index (χ1v) is 8.76. The first-order chi connectivity index (χ1) is 11.6. The summed E-state index contributed by atoms with van der Waals surface area (Å²) in [6.07, 6.45) is 0.916. The normalized spacial score (nSPS) is 27.3. The third kappa shape index (κ3) is 6.10. The third-order valence-electron chi connectivity index (χ3n) is 4.33. The number of rotatable bonds is 6. The second-order valence-electron chi connectivity index (χ2n) is 7.76. The van der Waals surface area contributed by atoms with Crippen LogP contribution in [0.15, 0.2) is 0 Å². The zero-order chi connectivity index (χ0) is 18.6. The maximum Gasteiger partial charge on any atom is 0.508 e. The molecular formula is C17H28N2O6. The molecule has 0 radical (unpaired) electrons. The van der Waals surface area contributed by atoms with E-state index in [0.29, 0.717) is 18.8 Å². The number of hydrogen-bond donors (Lipinski definition) is 2. The molecule has 8 heteroatoms. The summed E-state index contributed by atoms with van der Waals surface area (Å²) in [5, 5.41) is 5.74.